The normalized spacial score (nSPS) is 16.3. The Labute approximate surface area is 164 Å². The molecule has 0 unspecified atom stereocenters. The molecule has 2 heterocycles. The van der Waals surface area contributed by atoms with E-state index in [1.54, 1.807) is 42.6 Å². The van der Waals surface area contributed by atoms with Crippen LogP contribution in [-0.4, -0.2) is 67.5 Å². The summed E-state index contributed by atoms with van der Waals surface area (Å²) in [5.41, 5.74) is 4.13. The molecule has 1 fully saturated rings. The lowest BCUT2D eigenvalue weighted by atomic mass is 10.2. The van der Waals surface area contributed by atoms with Gasteiger partial charge in [-0.3, -0.25) is 14.7 Å². The summed E-state index contributed by atoms with van der Waals surface area (Å²) in [6.07, 6.45) is 3.12. The van der Waals surface area contributed by atoms with Gasteiger partial charge in [-0.2, -0.15) is 9.41 Å². The van der Waals surface area contributed by atoms with E-state index in [2.05, 4.69) is 15.5 Å². The van der Waals surface area contributed by atoms with Crippen molar-refractivity contribution in [2.24, 2.45) is 5.10 Å². The number of rotatable bonds is 6. The number of aromatic nitrogens is 1. The third kappa shape index (κ3) is 5.22. The van der Waals surface area contributed by atoms with Crippen LogP contribution in [0.5, 0.6) is 0 Å². The van der Waals surface area contributed by atoms with E-state index >= 15 is 0 Å². The summed E-state index contributed by atoms with van der Waals surface area (Å²) in [4.78, 5) is 18.3. The van der Waals surface area contributed by atoms with Crippen LogP contribution in [0.3, 0.4) is 0 Å². The topological polar surface area (TPSA) is 95.0 Å². The summed E-state index contributed by atoms with van der Waals surface area (Å²) in [6.45, 7) is 3.75. The van der Waals surface area contributed by atoms with Crippen LogP contribution >= 0.6 is 0 Å². The Balaban J connectivity index is 1.48. The molecule has 1 N–H and O–H groups in total. The number of nitrogens with one attached hydrogen (secondary N) is 1. The second-order valence-electron chi connectivity index (χ2n) is 6.54. The Bertz CT molecular complexity index is 922. The van der Waals surface area contributed by atoms with Crippen molar-refractivity contribution in [3.8, 4) is 0 Å². The molecule has 1 aromatic carbocycles. The molecule has 0 atom stereocenters. The smallest absolute Gasteiger partial charge is 0.254 e. The number of hydrazone groups is 1. The molecule has 0 bridgehead atoms. The van der Waals surface area contributed by atoms with Crippen molar-refractivity contribution in [3.05, 3.63) is 59.9 Å². The highest BCUT2D eigenvalue weighted by atomic mass is 32.2. The minimum Gasteiger partial charge on any atom is -0.292 e. The molecule has 3 rings (SSSR count). The molecule has 148 valence electrons. The molecule has 0 aliphatic carbocycles. The molecule has 1 aromatic heterocycles. The number of carbonyl (C=O) groups excluding carboxylic acids is 1. The zero-order valence-corrected chi connectivity index (χ0v) is 16.5. The number of nitrogens with zero attached hydrogens (tertiary/aromatic N) is 4. The Hall–Kier alpha value is -2.62. The molecule has 28 heavy (non-hydrogen) atoms. The molecule has 0 spiro atoms. The monoisotopic (exact) mass is 401 g/mol. The predicted octanol–water partition coefficient (Wildman–Crippen LogP) is 0.847. The van der Waals surface area contributed by atoms with Gasteiger partial charge in [0.25, 0.3) is 5.91 Å². The SMILES string of the molecule is Cc1ccc(S(=O)(=O)N2CCN(CC(=O)N/N=C/c3ccccn3)CC2)cc1. The minimum atomic E-state index is -3.50. The number of hydrogen-bond donors (Lipinski definition) is 1. The second-order valence-corrected chi connectivity index (χ2v) is 8.48. The van der Waals surface area contributed by atoms with Crippen molar-refractivity contribution in [1.82, 2.24) is 19.6 Å². The largest absolute Gasteiger partial charge is 0.292 e. The summed E-state index contributed by atoms with van der Waals surface area (Å²) in [6, 6.07) is 12.3. The van der Waals surface area contributed by atoms with Gasteiger partial charge in [-0.25, -0.2) is 13.8 Å². The van der Waals surface area contributed by atoms with Gasteiger partial charge in [0.15, 0.2) is 0 Å². The van der Waals surface area contributed by atoms with Gasteiger partial charge >= 0.3 is 0 Å². The van der Waals surface area contributed by atoms with Crippen molar-refractivity contribution in [2.45, 2.75) is 11.8 Å². The lowest BCUT2D eigenvalue weighted by Crippen LogP contribution is -2.50. The van der Waals surface area contributed by atoms with Gasteiger partial charge in [0.2, 0.25) is 10.0 Å². The van der Waals surface area contributed by atoms with Crippen LogP contribution in [-0.2, 0) is 14.8 Å². The fourth-order valence-corrected chi connectivity index (χ4v) is 4.27. The first kappa shape index (κ1) is 20.1. The highest BCUT2D eigenvalue weighted by Crippen LogP contribution is 2.18. The number of hydrogen-bond acceptors (Lipinski definition) is 6. The summed E-state index contributed by atoms with van der Waals surface area (Å²) < 4.78 is 26.9. The molecular weight excluding hydrogens is 378 g/mol. The van der Waals surface area contributed by atoms with Gasteiger partial charge in [0.1, 0.15) is 0 Å². The van der Waals surface area contributed by atoms with E-state index in [0.29, 0.717) is 36.8 Å². The quantitative estimate of drug-likeness (QED) is 0.572. The maximum absolute atomic E-state index is 12.7. The number of piperazine rings is 1. The Morgan fingerprint density at radius 3 is 2.50 bits per heavy atom. The summed E-state index contributed by atoms with van der Waals surface area (Å²) >= 11 is 0. The van der Waals surface area contributed by atoms with E-state index in [9.17, 15) is 13.2 Å². The van der Waals surface area contributed by atoms with Gasteiger partial charge in [-0.1, -0.05) is 23.8 Å². The Morgan fingerprint density at radius 2 is 1.86 bits per heavy atom. The maximum atomic E-state index is 12.7. The highest BCUT2D eigenvalue weighted by molar-refractivity contribution is 7.89. The molecule has 9 heteroatoms. The number of pyridine rings is 1. The number of amides is 1. The molecule has 2 aromatic rings. The zero-order valence-electron chi connectivity index (χ0n) is 15.7. The third-order valence-electron chi connectivity index (χ3n) is 4.43. The number of sulfonamides is 1. The van der Waals surface area contributed by atoms with Gasteiger partial charge in [0, 0.05) is 32.4 Å². The van der Waals surface area contributed by atoms with Crippen LogP contribution in [0.2, 0.25) is 0 Å². The van der Waals surface area contributed by atoms with E-state index in [-0.39, 0.29) is 12.5 Å². The van der Waals surface area contributed by atoms with E-state index in [1.165, 1.54) is 10.5 Å². The molecule has 0 radical (unpaired) electrons. The van der Waals surface area contributed by atoms with Gasteiger partial charge in [0.05, 0.1) is 23.3 Å². The van der Waals surface area contributed by atoms with E-state index in [4.69, 9.17) is 0 Å². The maximum Gasteiger partial charge on any atom is 0.254 e. The fourth-order valence-electron chi connectivity index (χ4n) is 2.85. The number of benzene rings is 1. The Kier molecular flexibility index (Phi) is 6.50. The van der Waals surface area contributed by atoms with Crippen molar-refractivity contribution in [1.29, 1.82) is 0 Å². The molecular formula is C19H23N5O3S. The van der Waals surface area contributed by atoms with Crippen molar-refractivity contribution in [3.63, 3.8) is 0 Å². The van der Waals surface area contributed by atoms with Crippen LogP contribution < -0.4 is 5.43 Å². The van der Waals surface area contributed by atoms with E-state index in [1.807, 2.05) is 17.9 Å². The van der Waals surface area contributed by atoms with Gasteiger partial charge in [-0.05, 0) is 31.2 Å². The molecule has 1 amide bonds. The van der Waals surface area contributed by atoms with Crippen LogP contribution in [0.4, 0.5) is 0 Å². The minimum absolute atomic E-state index is 0.165. The Morgan fingerprint density at radius 1 is 1.14 bits per heavy atom. The van der Waals surface area contributed by atoms with Crippen LogP contribution in [0.1, 0.15) is 11.3 Å². The lowest BCUT2D eigenvalue weighted by Gasteiger charge is -2.33. The number of aryl methyl sites for hydroxylation is 1. The van der Waals surface area contributed by atoms with E-state index in [0.717, 1.165) is 5.56 Å². The highest BCUT2D eigenvalue weighted by Gasteiger charge is 2.28. The van der Waals surface area contributed by atoms with Gasteiger partial charge in [-0.15, -0.1) is 0 Å². The van der Waals surface area contributed by atoms with Crippen molar-refractivity contribution < 1.29 is 13.2 Å². The lowest BCUT2D eigenvalue weighted by molar-refractivity contribution is -0.122. The zero-order chi connectivity index (χ0) is 20.0. The first-order valence-corrected chi connectivity index (χ1v) is 10.4. The number of carbonyl (C=O) groups is 1. The van der Waals surface area contributed by atoms with Crippen molar-refractivity contribution >= 4 is 22.1 Å². The molecule has 8 nitrogen and oxygen atoms in total. The third-order valence-corrected chi connectivity index (χ3v) is 6.34. The first-order valence-electron chi connectivity index (χ1n) is 8.97. The first-order chi connectivity index (χ1) is 13.4. The van der Waals surface area contributed by atoms with Crippen molar-refractivity contribution in [2.75, 3.05) is 32.7 Å². The molecule has 0 saturated carbocycles. The average Bonchev–Trinajstić information content (AvgIpc) is 2.69. The molecule has 1 saturated heterocycles. The van der Waals surface area contributed by atoms with Gasteiger partial charge < -0.3 is 0 Å². The molecule has 1 aliphatic rings. The van der Waals surface area contributed by atoms with E-state index < -0.39 is 10.0 Å². The second kappa shape index (κ2) is 9.05. The average molecular weight is 401 g/mol. The van der Waals surface area contributed by atoms with Crippen LogP contribution in [0, 0.1) is 6.92 Å². The summed E-state index contributed by atoms with van der Waals surface area (Å²) in [5.74, 6) is -0.248. The summed E-state index contributed by atoms with van der Waals surface area (Å²) in [5, 5.41) is 3.89. The predicted molar refractivity (Wildman–Crippen MR) is 106 cm³/mol. The van der Waals surface area contributed by atoms with Crippen LogP contribution in [0.15, 0.2) is 58.7 Å². The standard InChI is InChI=1S/C19H23N5O3S/c1-16-5-7-18(8-6-16)28(26,27)24-12-10-23(11-13-24)15-19(25)22-21-14-17-4-2-3-9-20-17/h2-9,14H,10-13,15H2,1H3,(H,22,25)/b21-14+. The summed E-state index contributed by atoms with van der Waals surface area (Å²) in [7, 11) is -3.50. The van der Waals surface area contributed by atoms with Crippen LogP contribution in [0.25, 0.3) is 0 Å². The fraction of sp³-hybridized carbons (Fsp3) is 0.316. The molecule has 1 aliphatic heterocycles.